The molecule has 0 spiro atoms. The van der Waals surface area contributed by atoms with Gasteiger partial charge in [0.25, 0.3) is 0 Å². The number of rotatable bonds is 8. The summed E-state index contributed by atoms with van der Waals surface area (Å²) in [5.41, 5.74) is 0. The van der Waals surface area contributed by atoms with E-state index in [0.717, 1.165) is 27.7 Å². The highest BCUT2D eigenvalue weighted by atomic mass is 16.6. The van der Waals surface area contributed by atoms with Gasteiger partial charge < -0.3 is 29.7 Å². The largest absolute Gasteiger partial charge is 0.462 e. The van der Waals surface area contributed by atoms with Crippen molar-refractivity contribution in [3.63, 3.8) is 0 Å². The third kappa shape index (κ3) is 8.73. The normalized spacial score (nSPS) is 15.6. The molecule has 0 aromatic rings. The Hall–Kier alpha value is -2.20. The molecule has 0 rings (SSSR count). The highest BCUT2D eigenvalue weighted by molar-refractivity contribution is 5.73. The molecule has 10 heteroatoms. The third-order valence-electron chi connectivity index (χ3n) is 2.45. The molecule has 0 aromatic carbocycles. The number of hydrogen-bond donors (Lipinski definition) is 3. The van der Waals surface area contributed by atoms with Crippen molar-refractivity contribution >= 4 is 23.8 Å². The smallest absolute Gasteiger partial charge is 0.303 e. The van der Waals surface area contributed by atoms with Gasteiger partial charge in [0, 0.05) is 27.7 Å². The van der Waals surface area contributed by atoms with E-state index in [1.54, 1.807) is 0 Å². The molecule has 0 aromatic heterocycles. The van der Waals surface area contributed by atoms with Crippen molar-refractivity contribution in [3.05, 3.63) is 0 Å². The lowest BCUT2D eigenvalue weighted by atomic mass is 10.1. The molecule has 0 heterocycles. The van der Waals surface area contributed by atoms with E-state index in [1.165, 1.54) is 0 Å². The van der Waals surface area contributed by atoms with Gasteiger partial charge in [-0.25, -0.2) is 0 Å². The number of esters is 3. The second-order valence-electron chi connectivity index (χ2n) is 4.66. The molecule has 0 bridgehead atoms. The zero-order valence-electron chi connectivity index (χ0n) is 13.3. The molecule has 0 saturated heterocycles. The van der Waals surface area contributed by atoms with E-state index in [2.05, 4.69) is 4.74 Å². The maximum atomic E-state index is 11.1. The summed E-state index contributed by atoms with van der Waals surface area (Å²) >= 11 is 0. The Bertz CT molecular complexity index is 451. The van der Waals surface area contributed by atoms with Crippen molar-refractivity contribution in [3.8, 4) is 0 Å². The SMILES string of the molecule is CC(=O)NC(O)[C@@H](OC(C)=O)[C@H](O)[C@@H](COC(C)=O)OC(C)=O. The molecule has 10 nitrogen and oxygen atoms in total. The van der Waals surface area contributed by atoms with Gasteiger partial charge in [-0.15, -0.1) is 0 Å². The minimum Gasteiger partial charge on any atom is -0.462 e. The topological polar surface area (TPSA) is 148 Å². The molecule has 0 saturated carbocycles. The molecule has 132 valence electrons. The molecule has 1 unspecified atom stereocenters. The fourth-order valence-electron chi connectivity index (χ4n) is 1.63. The Kier molecular flexibility index (Phi) is 8.81. The average molecular weight is 335 g/mol. The fourth-order valence-corrected chi connectivity index (χ4v) is 1.63. The minimum absolute atomic E-state index is 0.527. The summed E-state index contributed by atoms with van der Waals surface area (Å²) < 4.78 is 14.2. The fraction of sp³-hybridized carbons (Fsp3) is 0.692. The Morgan fingerprint density at radius 3 is 1.83 bits per heavy atom. The summed E-state index contributed by atoms with van der Waals surface area (Å²) in [4.78, 5) is 44.0. The first kappa shape index (κ1) is 20.8. The van der Waals surface area contributed by atoms with Crippen LogP contribution in [0.5, 0.6) is 0 Å². The molecule has 23 heavy (non-hydrogen) atoms. The zero-order valence-corrected chi connectivity index (χ0v) is 13.3. The van der Waals surface area contributed by atoms with Crippen molar-refractivity contribution in [2.75, 3.05) is 6.61 Å². The predicted molar refractivity (Wildman–Crippen MR) is 73.6 cm³/mol. The lowest BCUT2D eigenvalue weighted by molar-refractivity contribution is -0.188. The van der Waals surface area contributed by atoms with Gasteiger partial charge in [0.2, 0.25) is 5.91 Å². The van der Waals surface area contributed by atoms with Crippen LogP contribution in [0.2, 0.25) is 0 Å². The van der Waals surface area contributed by atoms with Gasteiger partial charge in [0.1, 0.15) is 12.7 Å². The van der Waals surface area contributed by atoms with E-state index >= 15 is 0 Å². The Labute approximate surface area is 132 Å². The van der Waals surface area contributed by atoms with Crippen LogP contribution in [-0.4, -0.2) is 65.2 Å². The number of aliphatic hydroxyl groups is 2. The van der Waals surface area contributed by atoms with Gasteiger partial charge in [-0.3, -0.25) is 19.2 Å². The Balaban J connectivity index is 5.23. The predicted octanol–water partition coefficient (Wildman–Crippen LogP) is -1.77. The first-order valence-corrected chi connectivity index (χ1v) is 6.65. The second kappa shape index (κ2) is 9.74. The summed E-state index contributed by atoms with van der Waals surface area (Å²) in [6, 6.07) is 0. The molecule has 0 radical (unpaired) electrons. The van der Waals surface area contributed by atoms with E-state index in [1.807, 2.05) is 5.32 Å². The average Bonchev–Trinajstić information content (AvgIpc) is 2.38. The number of hydrogen-bond acceptors (Lipinski definition) is 9. The highest BCUT2D eigenvalue weighted by Crippen LogP contribution is 2.13. The quantitative estimate of drug-likeness (QED) is 0.266. The molecule has 0 aliphatic carbocycles. The van der Waals surface area contributed by atoms with Crippen LogP contribution >= 0.6 is 0 Å². The number of nitrogens with one attached hydrogen (secondary N) is 1. The van der Waals surface area contributed by atoms with E-state index < -0.39 is 55.0 Å². The van der Waals surface area contributed by atoms with Crippen LogP contribution in [0.1, 0.15) is 27.7 Å². The lowest BCUT2D eigenvalue weighted by Crippen LogP contribution is -2.55. The van der Waals surface area contributed by atoms with Gasteiger partial charge >= 0.3 is 17.9 Å². The maximum Gasteiger partial charge on any atom is 0.303 e. The van der Waals surface area contributed by atoms with Crippen molar-refractivity contribution in [1.29, 1.82) is 0 Å². The number of amides is 1. The van der Waals surface area contributed by atoms with Gasteiger partial charge in [-0.1, -0.05) is 0 Å². The summed E-state index contributed by atoms with van der Waals surface area (Å²) in [5.74, 6) is -2.99. The number of ether oxygens (including phenoxy) is 3. The van der Waals surface area contributed by atoms with Gasteiger partial charge in [0.05, 0.1) is 0 Å². The van der Waals surface area contributed by atoms with Crippen LogP contribution in [0.25, 0.3) is 0 Å². The van der Waals surface area contributed by atoms with Crippen molar-refractivity contribution in [2.24, 2.45) is 0 Å². The van der Waals surface area contributed by atoms with Crippen molar-refractivity contribution < 1.29 is 43.6 Å². The molecule has 1 amide bonds. The third-order valence-corrected chi connectivity index (χ3v) is 2.45. The van der Waals surface area contributed by atoms with Crippen LogP contribution in [0.3, 0.4) is 0 Å². The van der Waals surface area contributed by atoms with Crippen LogP contribution in [0, 0.1) is 0 Å². The Morgan fingerprint density at radius 1 is 0.913 bits per heavy atom. The standard InChI is InChI=1S/C13H21NO9/c1-6(15)14-13(20)12(23-9(4)18)11(19)10(22-8(3)17)5-21-7(2)16/h10-13,19-20H,5H2,1-4H3,(H,14,15)/t10-,11-,12+,13?/m1/s1. The van der Waals surface area contributed by atoms with Crippen LogP contribution in [-0.2, 0) is 33.4 Å². The highest BCUT2D eigenvalue weighted by Gasteiger charge is 2.38. The number of carbonyl (C=O) groups is 4. The summed E-state index contributed by atoms with van der Waals surface area (Å²) in [5, 5.41) is 22.1. The van der Waals surface area contributed by atoms with Crippen LogP contribution in [0.4, 0.5) is 0 Å². The maximum absolute atomic E-state index is 11.1. The lowest BCUT2D eigenvalue weighted by Gasteiger charge is -2.31. The zero-order chi connectivity index (χ0) is 18.2. The number of aliphatic hydroxyl groups excluding tert-OH is 2. The second-order valence-corrected chi connectivity index (χ2v) is 4.66. The summed E-state index contributed by atoms with van der Waals surface area (Å²) in [6.07, 6.45) is -6.58. The van der Waals surface area contributed by atoms with Gasteiger partial charge in [-0.2, -0.15) is 0 Å². The molecule has 0 aliphatic rings. The monoisotopic (exact) mass is 335 g/mol. The molecular formula is C13H21NO9. The Morgan fingerprint density at radius 2 is 1.43 bits per heavy atom. The summed E-state index contributed by atoms with van der Waals surface area (Å²) in [6.45, 7) is 3.75. The summed E-state index contributed by atoms with van der Waals surface area (Å²) in [7, 11) is 0. The van der Waals surface area contributed by atoms with E-state index in [4.69, 9.17) is 9.47 Å². The van der Waals surface area contributed by atoms with Crippen LogP contribution < -0.4 is 5.32 Å². The van der Waals surface area contributed by atoms with Gasteiger partial charge in [-0.05, 0) is 0 Å². The van der Waals surface area contributed by atoms with Crippen molar-refractivity contribution in [1.82, 2.24) is 5.32 Å². The molecule has 0 aliphatic heterocycles. The first-order chi connectivity index (χ1) is 10.5. The van der Waals surface area contributed by atoms with E-state index in [-0.39, 0.29) is 0 Å². The molecular weight excluding hydrogens is 314 g/mol. The van der Waals surface area contributed by atoms with Gasteiger partial charge in [0.15, 0.2) is 18.4 Å². The first-order valence-electron chi connectivity index (χ1n) is 6.65. The molecule has 0 fully saturated rings. The van der Waals surface area contributed by atoms with E-state index in [0.29, 0.717) is 0 Å². The minimum atomic E-state index is -1.76. The molecule has 4 atom stereocenters. The van der Waals surface area contributed by atoms with E-state index in [9.17, 15) is 29.4 Å². The molecule has 3 N–H and O–H groups in total. The van der Waals surface area contributed by atoms with Crippen LogP contribution in [0.15, 0.2) is 0 Å². The number of carbonyl (C=O) groups excluding carboxylic acids is 4. The van der Waals surface area contributed by atoms with Crippen molar-refractivity contribution in [2.45, 2.75) is 52.2 Å².